The van der Waals surface area contributed by atoms with Gasteiger partial charge in [-0.15, -0.1) is 16.4 Å². The van der Waals surface area contributed by atoms with Gasteiger partial charge >= 0.3 is 0 Å². The molecule has 2 heterocycles. The average molecular weight is 248 g/mol. The van der Waals surface area contributed by atoms with Crippen molar-refractivity contribution in [3.05, 3.63) is 33.8 Å². The Morgan fingerprint density at radius 3 is 3.35 bits per heavy atom. The Labute approximate surface area is 105 Å². The van der Waals surface area contributed by atoms with Crippen molar-refractivity contribution >= 4 is 11.3 Å². The summed E-state index contributed by atoms with van der Waals surface area (Å²) in [5.41, 5.74) is 2.63. The van der Waals surface area contributed by atoms with Crippen molar-refractivity contribution in [1.29, 1.82) is 0 Å². The van der Waals surface area contributed by atoms with Gasteiger partial charge in [0.15, 0.2) is 0 Å². The van der Waals surface area contributed by atoms with E-state index < -0.39 is 0 Å². The highest BCUT2D eigenvalue weighted by molar-refractivity contribution is 7.10. The zero-order valence-corrected chi connectivity index (χ0v) is 10.7. The second-order valence-electron chi connectivity index (χ2n) is 4.47. The van der Waals surface area contributed by atoms with E-state index in [1.165, 1.54) is 24.8 Å². The molecule has 17 heavy (non-hydrogen) atoms. The van der Waals surface area contributed by atoms with Gasteiger partial charge in [0.2, 0.25) is 0 Å². The minimum Gasteiger partial charge on any atom is -0.304 e. The Bertz CT molecular complexity index is 502. The van der Waals surface area contributed by atoms with Crippen LogP contribution in [-0.4, -0.2) is 15.0 Å². The second-order valence-corrected chi connectivity index (χ2v) is 5.47. The molecule has 1 aliphatic carbocycles. The first-order chi connectivity index (χ1) is 8.34. The lowest BCUT2D eigenvalue weighted by atomic mass is 9.94. The largest absolute Gasteiger partial charge is 0.304 e. The third-order valence-corrected chi connectivity index (χ3v) is 4.39. The quantitative estimate of drug-likeness (QED) is 0.904. The van der Waals surface area contributed by atoms with Crippen LogP contribution in [-0.2, 0) is 20.0 Å². The molecule has 5 heteroatoms. The van der Waals surface area contributed by atoms with Crippen LogP contribution in [0, 0.1) is 0 Å². The molecule has 0 saturated carbocycles. The Balaban J connectivity index is 1.70. The van der Waals surface area contributed by atoms with Crippen molar-refractivity contribution in [3.8, 4) is 0 Å². The zero-order chi connectivity index (χ0) is 11.7. The summed E-state index contributed by atoms with van der Waals surface area (Å²) in [7, 11) is 1.93. The molecule has 2 aromatic rings. The number of hydrogen-bond acceptors (Lipinski definition) is 4. The topological polar surface area (TPSA) is 42.7 Å². The molecule has 4 nitrogen and oxygen atoms in total. The number of nitrogens with zero attached hydrogens (tertiary/aromatic N) is 3. The van der Waals surface area contributed by atoms with E-state index in [0.29, 0.717) is 6.04 Å². The summed E-state index contributed by atoms with van der Waals surface area (Å²) in [4.78, 5) is 1.55. The van der Waals surface area contributed by atoms with Crippen LogP contribution in [0.25, 0.3) is 0 Å². The van der Waals surface area contributed by atoms with E-state index in [1.54, 1.807) is 4.88 Å². The number of hydrogen-bond donors (Lipinski definition) is 1. The van der Waals surface area contributed by atoms with E-state index in [2.05, 4.69) is 27.1 Å². The number of aryl methyl sites for hydroxylation is 2. The van der Waals surface area contributed by atoms with E-state index in [0.717, 1.165) is 12.2 Å². The molecule has 1 unspecified atom stereocenters. The lowest BCUT2D eigenvalue weighted by Crippen LogP contribution is -2.24. The fourth-order valence-electron chi connectivity index (χ4n) is 2.40. The van der Waals surface area contributed by atoms with Gasteiger partial charge in [-0.05, 0) is 36.3 Å². The van der Waals surface area contributed by atoms with Gasteiger partial charge in [0, 0.05) is 24.5 Å². The molecular formula is C12H16N4S. The lowest BCUT2D eigenvalue weighted by Gasteiger charge is -2.23. The molecule has 0 bridgehead atoms. The Hall–Kier alpha value is -1.20. The number of rotatable bonds is 3. The minimum absolute atomic E-state index is 0.500. The maximum Gasteiger partial charge on any atom is 0.0738 e. The predicted molar refractivity (Wildman–Crippen MR) is 67.8 cm³/mol. The van der Waals surface area contributed by atoms with Gasteiger partial charge in [0.25, 0.3) is 0 Å². The Morgan fingerprint density at radius 2 is 2.53 bits per heavy atom. The number of fused-ring (bicyclic) bond motifs is 1. The third-order valence-electron chi connectivity index (χ3n) is 3.39. The van der Waals surface area contributed by atoms with Crippen LogP contribution in [0.15, 0.2) is 17.6 Å². The Morgan fingerprint density at radius 1 is 1.59 bits per heavy atom. The first kappa shape index (κ1) is 10.9. The molecule has 1 aliphatic rings. The number of aromatic nitrogens is 3. The molecule has 2 aromatic heterocycles. The molecule has 0 fully saturated rings. The van der Waals surface area contributed by atoms with Crippen molar-refractivity contribution in [3.63, 3.8) is 0 Å². The van der Waals surface area contributed by atoms with Gasteiger partial charge in [-0.1, -0.05) is 5.21 Å². The molecule has 3 rings (SSSR count). The number of nitrogens with one attached hydrogen (secondary N) is 1. The van der Waals surface area contributed by atoms with Gasteiger partial charge < -0.3 is 5.32 Å². The molecule has 0 aliphatic heterocycles. The summed E-state index contributed by atoms with van der Waals surface area (Å²) in [5.74, 6) is 0. The normalized spacial score (nSPS) is 19.2. The van der Waals surface area contributed by atoms with Crippen molar-refractivity contribution in [2.24, 2.45) is 7.05 Å². The molecule has 0 amide bonds. The summed E-state index contributed by atoms with van der Waals surface area (Å²) in [6.07, 6.45) is 5.59. The van der Waals surface area contributed by atoms with Gasteiger partial charge in [-0.2, -0.15) is 0 Å². The molecule has 0 radical (unpaired) electrons. The van der Waals surface area contributed by atoms with Crippen LogP contribution in [0.3, 0.4) is 0 Å². The fraction of sp³-hybridized carbons (Fsp3) is 0.500. The maximum atomic E-state index is 3.94. The second kappa shape index (κ2) is 4.58. The molecule has 1 atom stereocenters. The highest BCUT2D eigenvalue weighted by Crippen LogP contribution is 2.33. The van der Waals surface area contributed by atoms with Crippen LogP contribution >= 0.6 is 11.3 Å². The lowest BCUT2D eigenvalue weighted by molar-refractivity contribution is 0.454. The van der Waals surface area contributed by atoms with E-state index in [4.69, 9.17) is 0 Å². The van der Waals surface area contributed by atoms with Crippen LogP contribution < -0.4 is 5.32 Å². The minimum atomic E-state index is 0.500. The van der Waals surface area contributed by atoms with E-state index >= 15 is 0 Å². The van der Waals surface area contributed by atoms with Gasteiger partial charge in [-0.25, -0.2) is 0 Å². The van der Waals surface area contributed by atoms with Crippen molar-refractivity contribution < 1.29 is 0 Å². The van der Waals surface area contributed by atoms with Crippen LogP contribution in [0.2, 0.25) is 0 Å². The summed E-state index contributed by atoms with van der Waals surface area (Å²) in [6, 6.07) is 2.76. The molecule has 90 valence electrons. The summed E-state index contributed by atoms with van der Waals surface area (Å²) >= 11 is 1.89. The summed E-state index contributed by atoms with van der Waals surface area (Å²) < 4.78 is 1.82. The molecule has 0 saturated heterocycles. The van der Waals surface area contributed by atoms with Gasteiger partial charge in [-0.3, -0.25) is 4.68 Å². The fourth-order valence-corrected chi connectivity index (χ4v) is 3.38. The first-order valence-electron chi connectivity index (χ1n) is 5.98. The van der Waals surface area contributed by atoms with Gasteiger partial charge in [0.1, 0.15) is 0 Å². The SMILES string of the molecule is Cn1nncc1CNC1CCCc2sccc21. The van der Waals surface area contributed by atoms with Crippen molar-refractivity contribution in [2.45, 2.75) is 31.8 Å². The molecule has 0 spiro atoms. The number of thiophene rings is 1. The molecule has 0 aromatic carbocycles. The third kappa shape index (κ3) is 2.12. The average Bonchev–Trinajstić information content (AvgIpc) is 2.95. The maximum absolute atomic E-state index is 3.94. The molecule has 1 N–H and O–H groups in total. The smallest absolute Gasteiger partial charge is 0.0738 e. The monoisotopic (exact) mass is 248 g/mol. The highest BCUT2D eigenvalue weighted by atomic mass is 32.1. The van der Waals surface area contributed by atoms with Crippen molar-refractivity contribution in [2.75, 3.05) is 0 Å². The first-order valence-corrected chi connectivity index (χ1v) is 6.86. The van der Waals surface area contributed by atoms with E-state index in [9.17, 15) is 0 Å². The Kier molecular flexibility index (Phi) is 2.94. The summed E-state index contributed by atoms with van der Waals surface area (Å²) in [5, 5.41) is 13.7. The van der Waals surface area contributed by atoms with Crippen LogP contribution in [0.4, 0.5) is 0 Å². The highest BCUT2D eigenvalue weighted by Gasteiger charge is 2.20. The molecular weight excluding hydrogens is 232 g/mol. The van der Waals surface area contributed by atoms with Crippen LogP contribution in [0.5, 0.6) is 0 Å². The van der Waals surface area contributed by atoms with Gasteiger partial charge in [0.05, 0.1) is 11.9 Å². The predicted octanol–water partition coefficient (Wildman–Crippen LogP) is 2.04. The standard InChI is InChI=1S/C12H16N4S/c1-16-9(8-14-15-16)7-13-11-3-2-4-12-10(11)5-6-17-12/h5-6,8,11,13H,2-4,7H2,1H3. The zero-order valence-electron chi connectivity index (χ0n) is 9.89. The van der Waals surface area contributed by atoms with Crippen LogP contribution in [0.1, 0.15) is 35.0 Å². The summed E-state index contributed by atoms with van der Waals surface area (Å²) in [6.45, 7) is 0.837. The van der Waals surface area contributed by atoms with E-state index in [-0.39, 0.29) is 0 Å². The van der Waals surface area contributed by atoms with Crippen molar-refractivity contribution in [1.82, 2.24) is 20.3 Å². The van der Waals surface area contributed by atoms with E-state index in [1.807, 2.05) is 29.3 Å².